The van der Waals surface area contributed by atoms with Crippen molar-refractivity contribution in [2.75, 3.05) is 7.05 Å². The molecule has 1 N–H and O–H groups in total. The van der Waals surface area contributed by atoms with E-state index in [-0.39, 0.29) is 12.4 Å². The summed E-state index contributed by atoms with van der Waals surface area (Å²) in [5.41, 5.74) is 2.60. The van der Waals surface area contributed by atoms with Crippen LogP contribution in [0.5, 0.6) is 5.88 Å². The molecule has 4 rings (SSSR count). The van der Waals surface area contributed by atoms with Crippen LogP contribution in [0.3, 0.4) is 0 Å². The third-order valence-corrected chi connectivity index (χ3v) is 6.02. The zero-order valence-corrected chi connectivity index (χ0v) is 15.7. The molecule has 2 aliphatic carbocycles. The Hall–Kier alpha value is -1.88. The fourth-order valence-electron chi connectivity index (χ4n) is 4.75. The van der Waals surface area contributed by atoms with E-state index in [0.717, 1.165) is 35.5 Å². The normalized spacial score (nSPS) is 24.3. The van der Waals surface area contributed by atoms with Crippen LogP contribution >= 0.6 is 0 Å². The van der Waals surface area contributed by atoms with Crippen molar-refractivity contribution in [2.45, 2.75) is 52.3 Å². The lowest BCUT2D eigenvalue weighted by Gasteiger charge is -2.22. The first-order chi connectivity index (χ1) is 12.6. The number of ether oxygens (including phenoxy) is 1. The highest BCUT2D eigenvalue weighted by atomic mass is 19.1. The Morgan fingerprint density at radius 3 is 2.88 bits per heavy atom. The van der Waals surface area contributed by atoms with Crippen LogP contribution in [0, 0.1) is 30.5 Å². The molecule has 2 saturated carbocycles. The van der Waals surface area contributed by atoms with Crippen LogP contribution < -0.4 is 10.1 Å². The highest BCUT2D eigenvalue weighted by Gasteiger charge is 2.39. The Morgan fingerprint density at radius 2 is 2.15 bits per heavy atom. The predicted octanol–water partition coefficient (Wildman–Crippen LogP) is 4.07. The number of rotatable bonds is 7. The minimum absolute atomic E-state index is 0.217. The van der Waals surface area contributed by atoms with Crippen molar-refractivity contribution >= 4 is 0 Å². The van der Waals surface area contributed by atoms with Crippen LogP contribution in [0.15, 0.2) is 24.3 Å². The van der Waals surface area contributed by atoms with E-state index in [0.29, 0.717) is 18.0 Å². The number of halogens is 1. The van der Waals surface area contributed by atoms with Gasteiger partial charge in [0, 0.05) is 24.7 Å². The third-order valence-electron chi connectivity index (χ3n) is 6.02. The van der Waals surface area contributed by atoms with Crippen molar-refractivity contribution in [3.63, 3.8) is 0 Å². The molecule has 2 aromatic rings. The zero-order chi connectivity index (χ0) is 18.1. The topological polar surface area (TPSA) is 39.1 Å². The van der Waals surface area contributed by atoms with Crippen LogP contribution in [0.25, 0.3) is 0 Å². The van der Waals surface area contributed by atoms with Crippen molar-refractivity contribution in [1.82, 2.24) is 15.1 Å². The van der Waals surface area contributed by atoms with Crippen molar-refractivity contribution in [1.29, 1.82) is 0 Å². The molecule has 4 nitrogen and oxygen atoms in total. The molecule has 3 atom stereocenters. The molecule has 1 aromatic carbocycles. The molecule has 0 radical (unpaired) electrons. The molecule has 0 aliphatic heterocycles. The van der Waals surface area contributed by atoms with Crippen molar-refractivity contribution in [2.24, 2.45) is 17.8 Å². The number of aromatic nitrogens is 2. The Morgan fingerprint density at radius 1 is 1.27 bits per heavy atom. The van der Waals surface area contributed by atoms with Crippen LogP contribution in [0.2, 0.25) is 0 Å². The molecule has 5 heteroatoms. The molecular formula is C21H28FN3O. The number of hydrogen-bond acceptors (Lipinski definition) is 3. The largest absolute Gasteiger partial charge is 0.473 e. The molecular weight excluding hydrogens is 329 g/mol. The molecule has 140 valence electrons. The van der Waals surface area contributed by atoms with Gasteiger partial charge < -0.3 is 10.1 Å². The summed E-state index contributed by atoms with van der Waals surface area (Å²) >= 11 is 0. The highest BCUT2D eigenvalue weighted by molar-refractivity contribution is 5.24. The SMILES string of the molecule is CNCc1cc(OCc2cc(C)ccc2F)n(CC2CC3CCC2C3)n1. The molecule has 1 aromatic heterocycles. The van der Waals surface area contributed by atoms with Gasteiger partial charge in [0.05, 0.1) is 5.69 Å². The first kappa shape index (κ1) is 17.5. The number of benzene rings is 1. The van der Waals surface area contributed by atoms with Crippen LogP contribution in [-0.4, -0.2) is 16.8 Å². The molecule has 0 spiro atoms. The molecule has 0 saturated heterocycles. The summed E-state index contributed by atoms with van der Waals surface area (Å²) in [6.07, 6.45) is 5.48. The van der Waals surface area contributed by atoms with Crippen LogP contribution in [0.4, 0.5) is 4.39 Å². The summed E-state index contributed by atoms with van der Waals surface area (Å²) in [7, 11) is 1.91. The highest BCUT2D eigenvalue weighted by Crippen LogP contribution is 2.49. The van der Waals surface area contributed by atoms with Gasteiger partial charge in [0.15, 0.2) is 0 Å². The summed E-state index contributed by atoms with van der Waals surface area (Å²) in [4.78, 5) is 0. The second-order valence-electron chi connectivity index (χ2n) is 8.00. The Kier molecular flexibility index (Phi) is 4.98. The lowest BCUT2D eigenvalue weighted by Crippen LogP contribution is -2.19. The first-order valence-electron chi connectivity index (χ1n) is 9.71. The Balaban J connectivity index is 1.49. The third kappa shape index (κ3) is 3.63. The molecule has 2 fully saturated rings. The summed E-state index contributed by atoms with van der Waals surface area (Å²) in [5.74, 6) is 3.00. The minimum atomic E-state index is -0.217. The monoisotopic (exact) mass is 357 g/mol. The van der Waals surface area contributed by atoms with Gasteiger partial charge in [0.25, 0.3) is 0 Å². The van der Waals surface area contributed by atoms with E-state index in [2.05, 4.69) is 5.32 Å². The van der Waals surface area contributed by atoms with Crippen LogP contribution in [-0.2, 0) is 19.7 Å². The van der Waals surface area contributed by atoms with E-state index in [1.807, 2.05) is 30.8 Å². The average Bonchev–Trinajstić information content (AvgIpc) is 3.32. The van der Waals surface area contributed by atoms with Gasteiger partial charge in [0.2, 0.25) is 5.88 Å². The Labute approximate surface area is 154 Å². The van der Waals surface area contributed by atoms with Gasteiger partial charge in [-0.25, -0.2) is 9.07 Å². The van der Waals surface area contributed by atoms with Crippen molar-refractivity contribution in [3.05, 3.63) is 46.9 Å². The Bertz CT molecular complexity index is 773. The first-order valence-corrected chi connectivity index (χ1v) is 9.71. The number of nitrogens with zero attached hydrogens (tertiary/aromatic N) is 2. The number of hydrogen-bond donors (Lipinski definition) is 1. The summed E-state index contributed by atoms with van der Waals surface area (Å²) < 4.78 is 22.0. The lowest BCUT2D eigenvalue weighted by molar-refractivity contribution is 0.234. The van der Waals surface area contributed by atoms with Gasteiger partial charge in [-0.3, -0.25) is 0 Å². The number of nitrogens with one attached hydrogen (secondary N) is 1. The molecule has 1 heterocycles. The van der Waals surface area contributed by atoms with Gasteiger partial charge in [-0.15, -0.1) is 0 Å². The molecule has 3 unspecified atom stereocenters. The summed E-state index contributed by atoms with van der Waals surface area (Å²) in [6, 6.07) is 7.12. The zero-order valence-electron chi connectivity index (χ0n) is 15.7. The van der Waals surface area contributed by atoms with E-state index >= 15 is 0 Å². The number of fused-ring (bicyclic) bond motifs is 2. The fraction of sp³-hybridized carbons (Fsp3) is 0.571. The van der Waals surface area contributed by atoms with E-state index in [4.69, 9.17) is 9.84 Å². The smallest absolute Gasteiger partial charge is 0.212 e. The maximum Gasteiger partial charge on any atom is 0.212 e. The molecule has 0 amide bonds. The van der Waals surface area contributed by atoms with Gasteiger partial charge in [0.1, 0.15) is 12.4 Å². The standard InChI is InChI=1S/C21H28FN3O/c1-14-3-6-20(22)18(7-14)13-26-21-10-19(11-23-2)24-25(21)12-17-9-15-4-5-16(17)8-15/h3,6-7,10,15-17,23H,4-5,8-9,11-13H2,1-2H3. The maximum absolute atomic E-state index is 14.0. The maximum atomic E-state index is 14.0. The fourth-order valence-corrected chi connectivity index (χ4v) is 4.75. The van der Waals surface area contributed by atoms with Crippen molar-refractivity contribution in [3.8, 4) is 5.88 Å². The van der Waals surface area contributed by atoms with Crippen molar-refractivity contribution < 1.29 is 9.13 Å². The van der Waals surface area contributed by atoms with E-state index in [9.17, 15) is 4.39 Å². The lowest BCUT2D eigenvalue weighted by atomic mass is 9.89. The predicted molar refractivity (Wildman–Crippen MR) is 99.4 cm³/mol. The quantitative estimate of drug-likeness (QED) is 0.812. The van der Waals surface area contributed by atoms with E-state index in [1.165, 1.54) is 31.7 Å². The average molecular weight is 357 g/mol. The van der Waals surface area contributed by atoms with Gasteiger partial charge in [-0.2, -0.15) is 5.10 Å². The second-order valence-corrected chi connectivity index (χ2v) is 8.00. The van der Waals surface area contributed by atoms with Gasteiger partial charge in [-0.1, -0.05) is 18.1 Å². The summed E-state index contributed by atoms with van der Waals surface area (Å²) in [6.45, 7) is 3.82. The van der Waals surface area contributed by atoms with Gasteiger partial charge >= 0.3 is 0 Å². The molecule has 26 heavy (non-hydrogen) atoms. The second kappa shape index (κ2) is 7.39. The molecule has 2 bridgehead atoms. The van der Waals surface area contributed by atoms with E-state index < -0.39 is 0 Å². The minimum Gasteiger partial charge on any atom is -0.473 e. The van der Waals surface area contributed by atoms with E-state index in [1.54, 1.807) is 6.07 Å². The number of aryl methyl sites for hydroxylation is 1. The van der Waals surface area contributed by atoms with Gasteiger partial charge in [-0.05, 0) is 63.1 Å². The molecule has 2 aliphatic rings. The van der Waals surface area contributed by atoms with Crippen LogP contribution in [0.1, 0.15) is 42.5 Å². The summed E-state index contributed by atoms with van der Waals surface area (Å²) in [5, 5.41) is 7.88.